The van der Waals surface area contributed by atoms with Crippen LogP contribution in [0.4, 0.5) is 0 Å². The zero-order chi connectivity index (χ0) is 36.3. The number of benzene rings is 6. The Kier molecular flexibility index (Phi) is 6.92. The Bertz CT molecular complexity index is 2860. The molecule has 260 valence electrons. The van der Waals surface area contributed by atoms with E-state index in [-0.39, 0.29) is 0 Å². The average Bonchev–Trinajstić information content (AvgIpc) is 3.93. The lowest BCUT2D eigenvalue weighted by molar-refractivity contribution is 0.689. The van der Waals surface area contributed by atoms with E-state index >= 15 is 0 Å². The Labute approximate surface area is 325 Å². The standard InChI is InChI=1S/C52H40S2/c1-31-15-21-39(22-16-31)52(40-23-17-32(2)18-24-40)46-30-43-41-25-19-35-27-33(3)53-49(35)47(41)51(37-11-7-5-8-12-37,38-13-9-6-10-14-38)45(43)29-44(46)42-26-20-36-28-34(4)54-50(36)48(42)52/h5-17,19-23,25-30H,18,24H2,1-4H3. The van der Waals surface area contributed by atoms with Gasteiger partial charge in [-0.05, 0) is 137 Å². The molecule has 54 heavy (non-hydrogen) atoms. The minimum atomic E-state index is -0.484. The molecular weight excluding hydrogens is 689 g/mol. The van der Waals surface area contributed by atoms with Crippen molar-refractivity contribution in [1.29, 1.82) is 0 Å². The molecule has 0 radical (unpaired) electrons. The molecule has 2 heterocycles. The highest BCUT2D eigenvalue weighted by Crippen LogP contribution is 2.65. The fraction of sp³-hybridized carbons (Fsp3) is 0.154. The van der Waals surface area contributed by atoms with E-state index in [2.05, 4.69) is 173 Å². The molecule has 0 fully saturated rings. The molecule has 1 atom stereocenters. The fourth-order valence-corrected chi connectivity index (χ4v) is 12.6. The predicted octanol–water partition coefficient (Wildman–Crippen LogP) is 14.4. The second-order valence-electron chi connectivity index (χ2n) is 15.8. The predicted molar refractivity (Wildman–Crippen MR) is 232 cm³/mol. The summed E-state index contributed by atoms with van der Waals surface area (Å²) in [6.07, 6.45) is 6.99. The summed E-state index contributed by atoms with van der Waals surface area (Å²) in [5.41, 5.74) is 18.5. The number of hydrogen-bond acceptors (Lipinski definition) is 2. The van der Waals surface area contributed by atoms with Crippen molar-refractivity contribution in [3.8, 4) is 22.3 Å². The van der Waals surface area contributed by atoms with Crippen LogP contribution in [-0.2, 0) is 10.8 Å². The van der Waals surface area contributed by atoms with Gasteiger partial charge in [0.1, 0.15) is 0 Å². The lowest BCUT2D eigenvalue weighted by Gasteiger charge is -2.38. The van der Waals surface area contributed by atoms with Crippen molar-refractivity contribution in [2.24, 2.45) is 0 Å². The maximum atomic E-state index is 2.65. The summed E-state index contributed by atoms with van der Waals surface area (Å²) in [6.45, 7) is 9.02. The highest BCUT2D eigenvalue weighted by atomic mass is 32.1. The van der Waals surface area contributed by atoms with Gasteiger partial charge in [-0.1, -0.05) is 138 Å². The third-order valence-corrected chi connectivity index (χ3v) is 14.8. The third kappa shape index (κ3) is 4.19. The molecular formula is C52H40S2. The van der Waals surface area contributed by atoms with Gasteiger partial charge in [0.05, 0.1) is 10.8 Å². The molecule has 3 aliphatic carbocycles. The van der Waals surface area contributed by atoms with Gasteiger partial charge in [-0.3, -0.25) is 0 Å². The average molecular weight is 729 g/mol. The van der Waals surface area contributed by atoms with E-state index in [1.165, 1.54) is 108 Å². The SMILES string of the molecule is CC1=CC=C(C2(c3ccc(C)cc3)c3cc4c(cc3-c3ccc5cc(C)sc5c32)C(c2ccccc2)(c2ccccc2)c2c-4ccc3cc(C)sc23)CC1. The summed E-state index contributed by atoms with van der Waals surface area (Å²) in [5.74, 6) is 0. The van der Waals surface area contributed by atoms with Crippen molar-refractivity contribution >= 4 is 42.8 Å². The molecule has 0 nitrogen and oxygen atoms in total. The lowest BCUT2D eigenvalue weighted by Crippen LogP contribution is -2.31. The lowest BCUT2D eigenvalue weighted by atomic mass is 9.64. The number of hydrogen-bond donors (Lipinski definition) is 0. The highest BCUT2D eigenvalue weighted by Gasteiger charge is 2.53. The zero-order valence-electron chi connectivity index (χ0n) is 31.1. The molecule has 2 aromatic heterocycles. The largest absolute Gasteiger partial charge is 0.140 e. The van der Waals surface area contributed by atoms with Crippen LogP contribution in [0.15, 0.2) is 157 Å². The third-order valence-electron chi connectivity index (χ3n) is 12.7. The van der Waals surface area contributed by atoms with Gasteiger partial charge in [-0.15, -0.1) is 22.7 Å². The molecule has 0 aliphatic heterocycles. The molecule has 0 bridgehead atoms. The first kappa shape index (κ1) is 32.2. The summed E-state index contributed by atoms with van der Waals surface area (Å²) in [5, 5.41) is 2.68. The van der Waals surface area contributed by atoms with E-state index < -0.39 is 10.8 Å². The first-order chi connectivity index (χ1) is 26.4. The first-order valence-electron chi connectivity index (χ1n) is 19.2. The molecule has 8 aromatic rings. The molecule has 0 saturated carbocycles. The van der Waals surface area contributed by atoms with Crippen LogP contribution in [0.25, 0.3) is 42.4 Å². The number of thiophene rings is 2. The molecule has 0 saturated heterocycles. The second-order valence-corrected chi connectivity index (χ2v) is 18.3. The normalized spacial score (nSPS) is 17.9. The van der Waals surface area contributed by atoms with E-state index in [1.54, 1.807) is 0 Å². The van der Waals surface area contributed by atoms with Gasteiger partial charge < -0.3 is 0 Å². The van der Waals surface area contributed by atoms with E-state index in [1.807, 2.05) is 22.7 Å². The summed E-state index contributed by atoms with van der Waals surface area (Å²) < 4.78 is 2.81. The Balaban J connectivity index is 1.35. The van der Waals surface area contributed by atoms with Gasteiger partial charge in [-0.2, -0.15) is 0 Å². The van der Waals surface area contributed by atoms with E-state index in [0.29, 0.717) is 0 Å². The first-order valence-corrected chi connectivity index (χ1v) is 20.8. The van der Waals surface area contributed by atoms with Crippen LogP contribution < -0.4 is 0 Å². The molecule has 0 spiro atoms. The second kappa shape index (κ2) is 11.6. The summed E-state index contributed by atoms with van der Waals surface area (Å²) in [7, 11) is 0. The van der Waals surface area contributed by atoms with E-state index in [0.717, 1.165) is 12.8 Å². The van der Waals surface area contributed by atoms with Crippen LogP contribution in [-0.4, -0.2) is 0 Å². The van der Waals surface area contributed by atoms with Crippen molar-refractivity contribution in [3.05, 3.63) is 211 Å². The number of aryl methyl sites for hydroxylation is 3. The van der Waals surface area contributed by atoms with Crippen LogP contribution in [0, 0.1) is 20.8 Å². The monoisotopic (exact) mass is 728 g/mol. The Morgan fingerprint density at radius 1 is 0.444 bits per heavy atom. The Morgan fingerprint density at radius 2 is 0.944 bits per heavy atom. The van der Waals surface area contributed by atoms with Gasteiger partial charge in [0, 0.05) is 19.2 Å². The number of allylic oxidation sites excluding steroid dienone is 4. The minimum absolute atomic E-state index is 0.421. The molecule has 2 heteroatoms. The summed E-state index contributed by atoms with van der Waals surface area (Å²) in [6, 6.07) is 51.9. The van der Waals surface area contributed by atoms with Crippen molar-refractivity contribution in [3.63, 3.8) is 0 Å². The van der Waals surface area contributed by atoms with Crippen LogP contribution >= 0.6 is 22.7 Å². The van der Waals surface area contributed by atoms with Crippen molar-refractivity contribution in [1.82, 2.24) is 0 Å². The maximum absolute atomic E-state index is 2.65. The molecule has 11 rings (SSSR count). The van der Waals surface area contributed by atoms with Gasteiger partial charge >= 0.3 is 0 Å². The van der Waals surface area contributed by atoms with Crippen molar-refractivity contribution < 1.29 is 0 Å². The molecule has 1 unspecified atom stereocenters. The van der Waals surface area contributed by atoms with Gasteiger partial charge in [0.2, 0.25) is 0 Å². The number of fused-ring (bicyclic) bond motifs is 10. The Morgan fingerprint density at radius 3 is 1.46 bits per heavy atom. The summed E-state index contributed by atoms with van der Waals surface area (Å²) in [4.78, 5) is 2.71. The van der Waals surface area contributed by atoms with Gasteiger partial charge in [0.25, 0.3) is 0 Å². The highest BCUT2D eigenvalue weighted by molar-refractivity contribution is 7.19. The molecule has 0 amide bonds. The van der Waals surface area contributed by atoms with Gasteiger partial charge in [-0.25, -0.2) is 0 Å². The molecule has 3 aliphatic rings. The van der Waals surface area contributed by atoms with Crippen LogP contribution in [0.3, 0.4) is 0 Å². The quantitative estimate of drug-likeness (QED) is 0.169. The van der Waals surface area contributed by atoms with E-state index in [4.69, 9.17) is 0 Å². The zero-order valence-corrected chi connectivity index (χ0v) is 32.7. The topological polar surface area (TPSA) is 0 Å². The van der Waals surface area contributed by atoms with Crippen molar-refractivity contribution in [2.75, 3.05) is 0 Å². The molecule has 0 N–H and O–H groups in total. The van der Waals surface area contributed by atoms with Crippen molar-refractivity contribution in [2.45, 2.75) is 51.4 Å². The van der Waals surface area contributed by atoms with Crippen LogP contribution in [0.5, 0.6) is 0 Å². The maximum Gasteiger partial charge on any atom is 0.0727 e. The summed E-state index contributed by atoms with van der Waals surface area (Å²) >= 11 is 3.91. The van der Waals surface area contributed by atoms with Crippen LogP contribution in [0.1, 0.15) is 74.0 Å². The number of rotatable bonds is 4. The van der Waals surface area contributed by atoms with Gasteiger partial charge in [0.15, 0.2) is 0 Å². The van der Waals surface area contributed by atoms with Crippen LogP contribution in [0.2, 0.25) is 0 Å². The smallest absolute Gasteiger partial charge is 0.0727 e. The van der Waals surface area contributed by atoms with E-state index in [9.17, 15) is 0 Å². The minimum Gasteiger partial charge on any atom is -0.140 e. The Hall–Kier alpha value is -5.28. The fourth-order valence-electron chi connectivity index (χ4n) is 10.4. The molecule has 6 aromatic carbocycles.